The second-order valence-corrected chi connectivity index (χ2v) is 7.72. The van der Waals surface area contributed by atoms with E-state index in [2.05, 4.69) is 4.98 Å². The van der Waals surface area contributed by atoms with Crippen LogP contribution in [0.1, 0.15) is 45.6 Å². The summed E-state index contributed by atoms with van der Waals surface area (Å²) in [5.41, 5.74) is 1.75. The van der Waals surface area contributed by atoms with E-state index < -0.39 is 0 Å². The van der Waals surface area contributed by atoms with Crippen LogP contribution >= 0.6 is 22.7 Å². The number of esters is 1. The van der Waals surface area contributed by atoms with E-state index in [4.69, 9.17) is 4.74 Å². The molecular formula is C16H16N2O3S2. The fourth-order valence-electron chi connectivity index (χ4n) is 3.20. The molecule has 4 rings (SSSR count). The van der Waals surface area contributed by atoms with Crippen molar-refractivity contribution in [3.8, 4) is 0 Å². The molecule has 0 saturated heterocycles. The molecule has 5 nitrogen and oxygen atoms in total. The normalized spacial score (nSPS) is 14.3. The van der Waals surface area contributed by atoms with Crippen LogP contribution in [-0.4, -0.2) is 22.0 Å². The monoisotopic (exact) mass is 348 g/mol. The molecule has 0 N–H and O–H groups in total. The Labute approximate surface area is 140 Å². The molecule has 0 aliphatic heterocycles. The highest BCUT2D eigenvalue weighted by Crippen LogP contribution is 2.35. The number of hydrogen-bond donors (Lipinski definition) is 0. The van der Waals surface area contributed by atoms with Crippen molar-refractivity contribution in [3.05, 3.63) is 31.4 Å². The third kappa shape index (κ3) is 2.14. The Kier molecular flexibility index (Phi) is 3.50. The number of hydrogen-bond acceptors (Lipinski definition) is 6. The maximum absolute atomic E-state index is 13.0. The fraction of sp³-hybridized carbons (Fsp3) is 0.438. The van der Waals surface area contributed by atoms with Crippen molar-refractivity contribution in [2.45, 2.75) is 39.5 Å². The van der Waals surface area contributed by atoms with Gasteiger partial charge in [-0.25, -0.2) is 9.78 Å². The largest absolute Gasteiger partial charge is 0.462 e. The quantitative estimate of drug-likeness (QED) is 0.667. The first kappa shape index (κ1) is 14.8. The van der Waals surface area contributed by atoms with Crippen molar-refractivity contribution in [2.24, 2.45) is 0 Å². The lowest BCUT2D eigenvalue weighted by molar-refractivity contribution is 0.0531. The molecule has 7 heteroatoms. The van der Waals surface area contributed by atoms with Crippen molar-refractivity contribution in [1.29, 1.82) is 0 Å². The number of thiophene rings is 1. The zero-order chi connectivity index (χ0) is 16.1. The minimum absolute atomic E-state index is 0.0475. The van der Waals surface area contributed by atoms with E-state index in [0.29, 0.717) is 22.1 Å². The smallest absolute Gasteiger partial charge is 0.350 e. The van der Waals surface area contributed by atoms with Gasteiger partial charge < -0.3 is 4.74 Å². The maximum atomic E-state index is 13.0. The standard InChI is InChI=1S/C16H16N2O3S2/c1-3-21-15(20)12-8(2)18-14(19)11-9-6-4-5-7-10(9)22-13(11)17-16(18)23-12/h3-7H2,1-2H3. The molecule has 3 aromatic heterocycles. The third-order valence-corrected chi connectivity index (χ3v) is 6.58. The molecule has 0 unspecified atom stereocenters. The summed E-state index contributed by atoms with van der Waals surface area (Å²) >= 11 is 2.86. The van der Waals surface area contributed by atoms with Gasteiger partial charge in [0, 0.05) is 4.88 Å². The fourth-order valence-corrected chi connectivity index (χ4v) is 5.52. The molecule has 1 aliphatic carbocycles. The van der Waals surface area contributed by atoms with E-state index in [0.717, 1.165) is 29.5 Å². The molecule has 23 heavy (non-hydrogen) atoms. The predicted octanol–water partition coefficient (Wildman–Crippen LogP) is 3.33. The van der Waals surface area contributed by atoms with Crippen molar-refractivity contribution in [3.63, 3.8) is 0 Å². The molecular weight excluding hydrogens is 332 g/mol. The van der Waals surface area contributed by atoms with Crippen LogP contribution in [0.2, 0.25) is 0 Å². The van der Waals surface area contributed by atoms with Crippen LogP contribution in [-0.2, 0) is 17.6 Å². The van der Waals surface area contributed by atoms with Gasteiger partial charge in [-0.05, 0) is 45.1 Å². The summed E-state index contributed by atoms with van der Waals surface area (Å²) in [5, 5.41) is 0.749. The summed E-state index contributed by atoms with van der Waals surface area (Å²) < 4.78 is 6.65. The zero-order valence-corrected chi connectivity index (χ0v) is 14.6. The van der Waals surface area contributed by atoms with Crippen molar-refractivity contribution < 1.29 is 9.53 Å². The molecule has 3 heterocycles. The third-order valence-electron chi connectivity index (χ3n) is 4.28. The number of thiazole rings is 1. The van der Waals surface area contributed by atoms with E-state index >= 15 is 0 Å². The van der Waals surface area contributed by atoms with Gasteiger partial charge in [-0.1, -0.05) is 11.3 Å². The van der Waals surface area contributed by atoms with E-state index in [1.165, 1.54) is 28.2 Å². The van der Waals surface area contributed by atoms with Gasteiger partial charge in [-0.15, -0.1) is 11.3 Å². The van der Waals surface area contributed by atoms with Gasteiger partial charge >= 0.3 is 5.97 Å². The molecule has 1 aliphatic rings. The van der Waals surface area contributed by atoms with Gasteiger partial charge in [0.25, 0.3) is 5.56 Å². The van der Waals surface area contributed by atoms with Gasteiger partial charge in [0.1, 0.15) is 9.71 Å². The summed E-state index contributed by atoms with van der Waals surface area (Å²) in [6.07, 6.45) is 4.30. The summed E-state index contributed by atoms with van der Waals surface area (Å²) in [6.45, 7) is 3.87. The highest BCUT2D eigenvalue weighted by molar-refractivity contribution is 7.20. The summed E-state index contributed by atoms with van der Waals surface area (Å²) in [5.74, 6) is -0.384. The first-order valence-corrected chi connectivity index (χ1v) is 9.38. The number of nitrogens with zero attached hydrogens (tertiary/aromatic N) is 2. The second kappa shape index (κ2) is 5.42. The highest BCUT2D eigenvalue weighted by atomic mass is 32.1. The highest BCUT2D eigenvalue weighted by Gasteiger charge is 2.24. The Morgan fingerprint density at radius 2 is 2.09 bits per heavy atom. The Hall–Kier alpha value is -1.73. The molecule has 3 aromatic rings. The second-order valence-electron chi connectivity index (χ2n) is 5.66. The van der Waals surface area contributed by atoms with E-state index in [9.17, 15) is 9.59 Å². The van der Waals surface area contributed by atoms with Gasteiger partial charge in [0.05, 0.1) is 17.7 Å². The maximum Gasteiger partial charge on any atom is 0.350 e. The van der Waals surface area contributed by atoms with E-state index in [1.807, 2.05) is 0 Å². The van der Waals surface area contributed by atoms with Crippen LogP contribution in [0.3, 0.4) is 0 Å². The van der Waals surface area contributed by atoms with Gasteiger partial charge in [0.2, 0.25) is 0 Å². The number of fused-ring (bicyclic) bond motifs is 4. The summed E-state index contributed by atoms with van der Waals surface area (Å²) in [7, 11) is 0. The molecule has 120 valence electrons. The first-order valence-electron chi connectivity index (χ1n) is 7.75. The number of aromatic nitrogens is 2. The number of carbonyl (C=O) groups is 1. The number of carbonyl (C=O) groups excluding carboxylic acids is 1. The van der Waals surface area contributed by atoms with E-state index in [-0.39, 0.29) is 11.5 Å². The molecule has 0 amide bonds. The number of ether oxygens (including phenoxy) is 1. The molecule has 0 saturated carbocycles. The first-order chi connectivity index (χ1) is 11.1. The molecule has 0 radical (unpaired) electrons. The Morgan fingerprint density at radius 3 is 2.87 bits per heavy atom. The Bertz CT molecular complexity index is 996. The lowest BCUT2D eigenvalue weighted by atomic mass is 9.97. The lowest BCUT2D eigenvalue weighted by Crippen LogP contribution is -2.17. The van der Waals surface area contributed by atoms with Crippen molar-refractivity contribution in [2.75, 3.05) is 6.61 Å². The molecule has 0 spiro atoms. The average Bonchev–Trinajstić information content (AvgIpc) is 3.06. The van der Waals surface area contributed by atoms with Gasteiger partial charge in [-0.3, -0.25) is 9.20 Å². The summed E-state index contributed by atoms with van der Waals surface area (Å²) in [6, 6.07) is 0. The Morgan fingerprint density at radius 1 is 1.30 bits per heavy atom. The van der Waals surface area contributed by atoms with Crippen LogP contribution in [0.4, 0.5) is 0 Å². The van der Waals surface area contributed by atoms with Crippen LogP contribution in [0.25, 0.3) is 15.2 Å². The predicted molar refractivity (Wildman–Crippen MR) is 92.1 cm³/mol. The minimum Gasteiger partial charge on any atom is -0.462 e. The molecule has 0 bridgehead atoms. The van der Waals surface area contributed by atoms with Crippen LogP contribution < -0.4 is 5.56 Å². The summed E-state index contributed by atoms with van der Waals surface area (Å²) in [4.78, 5) is 32.9. The van der Waals surface area contributed by atoms with E-state index in [1.54, 1.807) is 29.6 Å². The number of aryl methyl sites for hydroxylation is 3. The number of rotatable bonds is 2. The Balaban J connectivity index is 2.02. The van der Waals surface area contributed by atoms with Gasteiger partial charge in [-0.2, -0.15) is 0 Å². The van der Waals surface area contributed by atoms with Crippen molar-refractivity contribution >= 4 is 43.8 Å². The lowest BCUT2D eigenvalue weighted by Gasteiger charge is -2.09. The zero-order valence-electron chi connectivity index (χ0n) is 13.0. The topological polar surface area (TPSA) is 60.7 Å². The van der Waals surface area contributed by atoms with Crippen molar-refractivity contribution in [1.82, 2.24) is 9.38 Å². The van der Waals surface area contributed by atoms with Crippen LogP contribution in [0.5, 0.6) is 0 Å². The molecule has 0 fully saturated rings. The van der Waals surface area contributed by atoms with Crippen LogP contribution in [0.15, 0.2) is 4.79 Å². The minimum atomic E-state index is -0.384. The van der Waals surface area contributed by atoms with Crippen LogP contribution in [0, 0.1) is 6.92 Å². The SMILES string of the molecule is CCOC(=O)c1sc2nc3sc4c(c3c(=O)n2c1C)CCCC4. The molecule has 0 aromatic carbocycles. The average molecular weight is 348 g/mol. The van der Waals surface area contributed by atoms with Gasteiger partial charge in [0.15, 0.2) is 4.96 Å². The molecule has 0 atom stereocenters.